The Kier molecular flexibility index (Phi) is 4.78. The van der Waals surface area contributed by atoms with Crippen molar-refractivity contribution in [3.05, 3.63) is 102 Å². The lowest BCUT2D eigenvalue weighted by molar-refractivity contribution is -0.351. The number of hydrogen-bond acceptors (Lipinski definition) is 1. The molecule has 24 heavy (non-hydrogen) atoms. The summed E-state index contributed by atoms with van der Waals surface area (Å²) in [4.78, 5) is 3.51. The summed E-state index contributed by atoms with van der Waals surface area (Å²) in [6, 6.07) is 29.0. The second kappa shape index (κ2) is 7.16. The standard InChI is InChI=1S/C21H16N2.ClH/c1-3-9-16(10-4-1)22-20-15-21(19-14-8-7-13-18(19)20)23-17-11-5-2-6-12-17;/h1-15,22H;1H. The Morgan fingerprint density at radius 2 is 1.21 bits per heavy atom. The Morgan fingerprint density at radius 1 is 0.625 bits per heavy atom. The van der Waals surface area contributed by atoms with Crippen LogP contribution in [0.2, 0.25) is 0 Å². The van der Waals surface area contributed by atoms with Crippen molar-refractivity contribution < 1.29 is 17.4 Å². The molecule has 2 N–H and O–H groups in total. The molecule has 118 valence electrons. The number of halogens is 1. The fourth-order valence-corrected chi connectivity index (χ4v) is 2.81. The van der Waals surface area contributed by atoms with Crippen LogP contribution in [0.1, 0.15) is 11.1 Å². The molecule has 0 bridgehead atoms. The first-order chi connectivity index (χ1) is 11.4. The van der Waals surface area contributed by atoms with E-state index in [-0.39, 0.29) is 12.4 Å². The number of nitrogens with one attached hydrogen (secondary N) is 2. The maximum absolute atomic E-state index is 3.51. The molecule has 0 spiro atoms. The maximum atomic E-state index is 3.51. The minimum atomic E-state index is 0. The fourth-order valence-electron chi connectivity index (χ4n) is 2.81. The number of allylic oxidation sites excluding steroid dienone is 1. The predicted octanol–water partition coefficient (Wildman–Crippen LogP) is 0.359. The van der Waals surface area contributed by atoms with E-state index < -0.39 is 0 Å². The van der Waals surface area contributed by atoms with Gasteiger partial charge >= 0.3 is 0 Å². The van der Waals surface area contributed by atoms with Gasteiger partial charge in [-0.25, -0.2) is 4.99 Å². The molecule has 0 saturated heterocycles. The van der Waals surface area contributed by atoms with Gasteiger partial charge in [-0.2, -0.15) is 0 Å². The summed E-state index contributed by atoms with van der Waals surface area (Å²) in [6.45, 7) is 0. The largest absolute Gasteiger partial charge is 1.00 e. The van der Waals surface area contributed by atoms with E-state index in [0.29, 0.717) is 0 Å². The first kappa shape index (κ1) is 16.0. The number of fused-ring (bicyclic) bond motifs is 1. The van der Waals surface area contributed by atoms with Crippen LogP contribution in [0.3, 0.4) is 0 Å². The van der Waals surface area contributed by atoms with E-state index >= 15 is 0 Å². The molecule has 0 aliphatic heterocycles. The van der Waals surface area contributed by atoms with Crippen molar-refractivity contribution in [2.75, 3.05) is 5.32 Å². The molecule has 2 nitrogen and oxygen atoms in total. The second-order valence-corrected chi connectivity index (χ2v) is 5.50. The summed E-state index contributed by atoms with van der Waals surface area (Å²) >= 11 is 0. The van der Waals surface area contributed by atoms with E-state index in [1.165, 1.54) is 11.1 Å². The average molecular weight is 333 g/mol. The van der Waals surface area contributed by atoms with Gasteiger partial charge in [-0.15, -0.1) is 0 Å². The molecule has 3 heteroatoms. The Bertz CT molecular complexity index is 884. The Morgan fingerprint density at radius 3 is 1.92 bits per heavy atom. The highest BCUT2D eigenvalue weighted by molar-refractivity contribution is 6.18. The topological polar surface area (TPSA) is 26.0 Å². The Balaban J connectivity index is 0.00000169. The summed E-state index contributed by atoms with van der Waals surface area (Å²) in [5, 5.41) is 3.51. The summed E-state index contributed by atoms with van der Waals surface area (Å²) in [6.07, 6.45) is 2.17. The van der Waals surface area contributed by atoms with E-state index in [0.717, 1.165) is 22.8 Å². The lowest BCUT2D eigenvalue weighted by Gasteiger charge is -2.07. The third-order valence-corrected chi connectivity index (χ3v) is 3.90. The van der Waals surface area contributed by atoms with Gasteiger partial charge in [0.05, 0.1) is 11.3 Å². The molecular weight excluding hydrogens is 316 g/mol. The van der Waals surface area contributed by atoms with Crippen LogP contribution >= 0.6 is 0 Å². The number of rotatable bonds is 3. The van der Waals surface area contributed by atoms with Crippen LogP contribution in [0, 0.1) is 0 Å². The molecule has 0 atom stereocenters. The first-order valence-corrected chi connectivity index (χ1v) is 7.73. The quantitative estimate of drug-likeness (QED) is 0.711. The normalized spacial score (nSPS) is 13.8. The van der Waals surface area contributed by atoms with Crippen LogP contribution in [-0.2, 0) is 0 Å². The fraction of sp³-hybridized carbons (Fsp3) is 0. The van der Waals surface area contributed by atoms with E-state index in [2.05, 4.69) is 64.9 Å². The maximum Gasteiger partial charge on any atom is 0.214 e. The molecule has 0 radical (unpaired) electrons. The van der Waals surface area contributed by atoms with Gasteiger partial charge in [0.25, 0.3) is 0 Å². The summed E-state index contributed by atoms with van der Waals surface area (Å²) < 4.78 is 0. The molecule has 0 amide bonds. The van der Waals surface area contributed by atoms with Crippen molar-refractivity contribution in [1.29, 1.82) is 0 Å². The molecule has 0 fully saturated rings. The molecular formula is C21H17ClN2. The van der Waals surface area contributed by atoms with Gasteiger partial charge in [0.15, 0.2) is 0 Å². The SMILES string of the molecule is C1=C(Nc2ccccc2)c2ccccc2C1=[NH+]c1ccccc1.[Cl-]. The second-order valence-electron chi connectivity index (χ2n) is 5.50. The van der Waals surface area contributed by atoms with Gasteiger partial charge in [-0.05, 0) is 18.2 Å². The van der Waals surface area contributed by atoms with Gasteiger partial charge < -0.3 is 17.7 Å². The minimum absolute atomic E-state index is 0. The zero-order valence-corrected chi connectivity index (χ0v) is 13.8. The van der Waals surface area contributed by atoms with Crippen molar-refractivity contribution in [2.24, 2.45) is 0 Å². The van der Waals surface area contributed by atoms with Gasteiger partial charge in [0.2, 0.25) is 11.4 Å². The monoisotopic (exact) mass is 332 g/mol. The van der Waals surface area contributed by atoms with Crippen molar-refractivity contribution in [3.8, 4) is 0 Å². The van der Waals surface area contributed by atoms with Crippen molar-refractivity contribution in [2.45, 2.75) is 0 Å². The Labute approximate surface area is 148 Å². The molecule has 1 aliphatic carbocycles. The van der Waals surface area contributed by atoms with Crippen molar-refractivity contribution in [1.82, 2.24) is 0 Å². The molecule has 0 aromatic heterocycles. The molecule has 3 aromatic rings. The molecule has 0 saturated carbocycles. The third kappa shape index (κ3) is 3.24. The van der Waals surface area contributed by atoms with Crippen LogP contribution in [0.5, 0.6) is 0 Å². The highest BCUT2D eigenvalue weighted by Crippen LogP contribution is 2.27. The van der Waals surface area contributed by atoms with Crippen LogP contribution < -0.4 is 22.7 Å². The van der Waals surface area contributed by atoms with Gasteiger partial charge in [0.1, 0.15) is 0 Å². The zero-order valence-electron chi connectivity index (χ0n) is 13.0. The molecule has 4 rings (SSSR count). The molecule has 0 heterocycles. The van der Waals surface area contributed by atoms with Crippen molar-refractivity contribution >= 4 is 22.8 Å². The highest BCUT2D eigenvalue weighted by atomic mass is 35.5. The van der Waals surface area contributed by atoms with E-state index in [4.69, 9.17) is 0 Å². The van der Waals surface area contributed by atoms with Gasteiger partial charge in [-0.3, -0.25) is 0 Å². The van der Waals surface area contributed by atoms with Crippen LogP contribution in [-0.4, -0.2) is 5.71 Å². The molecule has 1 aliphatic rings. The molecule has 0 unspecified atom stereocenters. The Hall–Kier alpha value is -2.84. The first-order valence-electron chi connectivity index (χ1n) is 7.73. The smallest absolute Gasteiger partial charge is 0.214 e. The van der Waals surface area contributed by atoms with E-state index in [9.17, 15) is 0 Å². The lowest BCUT2D eigenvalue weighted by Crippen LogP contribution is -3.00. The average Bonchev–Trinajstić information content (AvgIpc) is 2.95. The summed E-state index contributed by atoms with van der Waals surface area (Å²) in [7, 11) is 0. The summed E-state index contributed by atoms with van der Waals surface area (Å²) in [5.41, 5.74) is 6.85. The van der Waals surface area contributed by atoms with Crippen LogP contribution in [0.15, 0.2) is 91.0 Å². The number of para-hydroxylation sites is 2. The number of hydrogen-bond donors (Lipinski definition) is 2. The van der Waals surface area contributed by atoms with Crippen LogP contribution in [0.4, 0.5) is 11.4 Å². The van der Waals surface area contributed by atoms with Crippen LogP contribution in [0.25, 0.3) is 5.70 Å². The lowest BCUT2D eigenvalue weighted by atomic mass is 10.1. The van der Waals surface area contributed by atoms with E-state index in [1.807, 2.05) is 36.4 Å². The number of benzene rings is 3. The predicted molar refractivity (Wildman–Crippen MR) is 95.7 cm³/mol. The van der Waals surface area contributed by atoms with Gasteiger partial charge in [-0.1, -0.05) is 54.6 Å². The molecule has 3 aromatic carbocycles. The third-order valence-electron chi connectivity index (χ3n) is 3.90. The van der Waals surface area contributed by atoms with Gasteiger partial charge in [0, 0.05) is 29.5 Å². The zero-order chi connectivity index (χ0) is 15.5. The summed E-state index contributed by atoms with van der Waals surface area (Å²) in [5.74, 6) is 0. The van der Waals surface area contributed by atoms with E-state index in [1.54, 1.807) is 0 Å². The number of anilines is 1. The minimum Gasteiger partial charge on any atom is -1.00 e. The highest BCUT2D eigenvalue weighted by Gasteiger charge is 2.23. The van der Waals surface area contributed by atoms with Crippen molar-refractivity contribution in [3.63, 3.8) is 0 Å².